The van der Waals surface area contributed by atoms with Crippen LogP contribution in [0.5, 0.6) is 11.5 Å². The predicted molar refractivity (Wildman–Crippen MR) is 99.1 cm³/mol. The van der Waals surface area contributed by atoms with Crippen LogP contribution in [0.2, 0.25) is 0 Å². The molecule has 0 radical (unpaired) electrons. The highest BCUT2D eigenvalue weighted by molar-refractivity contribution is 7.92. The fourth-order valence-corrected chi connectivity index (χ4v) is 4.65. The number of nitrogens with one attached hydrogen (secondary N) is 1. The molecule has 0 bridgehead atoms. The van der Waals surface area contributed by atoms with Crippen molar-refractivity contribution in [2.75, 3.05) is 26.9 Å². The van der Waals surface area contributed by atoms with Crippen LogP contribution >= 0.6 is 11.3 Å². The predicted octanol–water partition coefficient (Wildman–Crippen LogP) is 1.07. The van der Waals surface area contributed by atoms with Crippen LogP contribution in [0.25, 0.3) is 16.2 Å². The van der Waals surface area contributed by atoms with Gasteiger partial charge in [-0.3, -0.25) is 4.79 Å². The third-order valence-electron chi connectivity index (χ3n) is 3.82. The van der Waals surface area contributed by atoms with Gasteiger partial charge in [-0.25, -0.2) is 14.2 Å². The highest BCUT2D eigenvalue weighted by Crippen LogP contribution is 2.34. The van der Waals surface area contributed by atoms with Crippen molar-refractivity contribution in [2.45, 2.75) is 10.8 Å². The molecule has 1 aliphatic rings. The fraction of sp³-hybridized carbons (Fsp3) is 0.312. The maximum absolute atomic E-state index is 12.2. The van der Waals surface area contributed by atoms with Gasteiger partial charge in [0.15, 0.2) is 11.5 Å². The van der Waals surface area contributed by atoms with E-state index in [-0.39, 0.29) is 10.9 Å². The first-order chi connectivity index (χ1) is 13.5. The molecule has 4 rings (SSSR count). The first-order valence-corrected chi connectivity index (χ1v) is 10.6. The number of rotatable bonds is 5. The zero-order chi connectivity index (χ0) is 19.7. The molecule has 1 aromatic carbocycles. The molecule has 3 aromatic rings. The molecule has 3 heterocycles. The molecule has 148 valence electrons. The Hall–Kier alpha value is -2.70. The number of aromatic nitrogens is 3. The average Bonchev–Trinajstić information content (AvgIpc) is 3.13. The summed E-state index contributed by atoms with van der Waals surface area (Å²) in [5, 5.41) is 4.02. The molecule has 1 N–H and O–H groups in total. The summed E-state index contributed by atoms with van der Waals surface area (Å²) in [5.41, 5.74) is 1.40. The minimum Gasteiger partial charge on any atom is -0.490 e. The summed E-state index contributed by atoms with van der Waals surface area (Å²) in [6.45, 7) is 0.816. The van der Waals surface area contributed by atoms with E-state index in [1.807, 2.05) is 22.9 Å². The third-order valence-corrected chi connectivity index (χ3v) is 6.48. The van der Waals surface area contributed by atoms with Crippen molar-refractivity contribution < 1.29 is 27.4 Å². The molecule has 28 heavy (non-hydrogen) atoms. The minimum atomic E-state index is -4.08. The Balaban J connectivity index is 1.61. The molecule has 0 atom stereocenters. The first kappa shape index (κ1) is 18.7. The Morgan fingerprint density at radius 1 is 1.32 bits per heavy atom. The smallest absolute Gasteiger partial charge is 0.293 e. The number of imidazole rings is 1. The van der Waals surface area contributed by atoms with Crippen molar-refractivity contribution in [1.29, 1.82) is 0 Å². The van der Waals surface area contributed by atoms with Crippen LogP contribution < -0.4 is 14.2 Å². The zero-order valence-corrected chi connectivity index (χ0v) is 16.4. The summed E-state index contributed by atoms with van der Waals surface area (Å²) in [4.78, 5) is 16.3. The van der Waals surface area contributed by atoms with E-state index in [0.717, 1.165) is 23.3 Å². The Kier molecular flexibility index (Phi) is 4.91. The molecule has 0 spiro atoms. The summed E-state index contributed by atoms with van der Waals surface area (Å²) < 4.78 is 43.3. The van der Waals surface area contributed by atoms with Gasteiger partial charge in [-0.05, 0) is 18.2 Å². The van der Waals surface area contributed by atoms with E-state index in [4.69, 9.17) is 9.47 Å². The molecule has 0 unspecified atom stereocenters. The molecule has 0 saturated heterocycles. The van der Waals surface area contributed by atoms with Crippen LogP contribution in [0.3, 0.4) is 0 Å². The summed E-state index contributed by atoms with van der Waals surface area (Å²) in [7, 11) is -2.78. The topological polar surface area (TPSA) is 121 Å². The zero-order valence-electron chi connectivity index (χ0n) is 14.7. The third kappa shape index (κ3) is 3.66. The SMILES string of the molecule is COCC(=O)NS(=O)(=O)c1nn2cc(-c3ccc4c(c3)OCCCO4)nc2s1. The van der Waals surface area contributed by atoms with Crippen molar-refractivity contribution >= 4 is 32.2 Å². The van der Waals surface area contributed by atoms with Gasteiger partial charge in [0.2, 0.25) is 4.96 Å². The number of ether oxygens (including phenoxy) is 3. The second kappa shape index (κ2) is 7.37. The van der Waals surface area contributed by atoms with E-state index in [9.17, 15) is 13.2 Å². The Morgan fingerprint density at radius 2 is 2.11 bits per heavy atom. The fourth-order valence-electron chi connectivity index (χ4n) is 2.61. The number of fused-ring (bicyclic) bond motifs is 2. The Bertz CT molecular complexity index is 1110. The van der Waals surface area contributed by atoms with Gasteiger partial charge in [0.1, 0.15) is 6.61 Å². The van der Waals surface area contributed by atoms with Crippen molar-refractivity contribution in [3.63, 3.8) is 0 Å². The molecule has 1 aliphatic heterocycles. The molecule has 0 aliphatic carbocycles. The number of benzene rings is 1. The molecule has 0 fully saturated rings. The van der Waals surface area contributed by atoms with Crippen LogP contribution in [0.4, 0.5) is 0 Å². The van der Waals surface area contributed by atoms with Gasteiger partial charge in [0.05, 0.1) is 25.1 Å². The van der Waals surface area contributed by atoms with Crippen LogP contribution in [0.1, 0.15) is 6.42 Å². The van der Waals surface area contributed by atoms with Gasteiger partial charge in [-0.15, -0.1) is 5.10 Å². The summed E-state index contributed by atoms with van der Waals surface area (Å²) in [6, 6.07) is 5.50. The van der Waals surface area contributed by atoms with Gasteiger partial charge in [-0.2, -0.15) is 8.42 Å². The number of hydrogen-bond acceptors (Lipinski definition) is 9. The van der Waals surface area contributed by atoms with Crippen molar-refractivity contribution in [2.24, 2.45) is 0 Å². The summed E-state index contributed by atoms with van der Waals surface area (Å²) in [5.74, 6) is 0.548. The van der Waals surface area contributed by atoms with Crippen LogP contribution in [0.15, 0.2) is 28.7 Å². The largest absolute Gasteiger partial charge is 0.490 e. The van der Waals surface area contributed by atoms with Crippen molar-refractivity contribution in [3.8, 4) is 22.8 Å². The van der Waals surface area contributed by atoms with E-state index in [0.29, 0.717) is 35.4 Å². The number of carbonyl (C=O) groups excluding carboxylic acids is 1. The number of sulfonamides is 1. The molecule has 2 aromatic heterocycles. The average molecular weight is 424 g/mol. The van der Waals surface area contributed by atoms with E-state index in [1.54, 1.807) is 6.20 Å². The number of hydrogen-bond donors (Lipinski definition) is 1. The lowest BCUT2D eigenvalue weighted by molar-refractivity contribution is -0.122. The quantitative estimate of drug-likeness (QED) is 0.646. The lowest BCUT2D eigenvalue weighted by Crippen LogP contribution is -2.33. The second-order valence-electron chi connectivity index (χ2n) is 5.89. The van der Waals surface area contributed by atoms with Gasteiger partial charge in [0, 0.05) is 19.1 Å². The first-order valence-electron chi connectivity index (χ1n) is 8.27. The van der Waals surface area contributed by atoms with E-state index < -0.39 is 15.9 Å². The molecular formula is C16H16N4O6S2. The van der Waals surface area contributed by atoms with Crippen LogP contribution in [-0.4, -0.2) is 55.9 Å². The lowest BCUT2D eigenvalue weighted by Gasteiger charge is -2.07. The Labute approximate surface area is 164 Å². The maximum atomic E-state index is 12.2. The molecular weight excluding hydrogens is 408 g/mol. The van der Waals surface area contributed by atoms with E-state index in [2.05, 4.69) is 14.8 Å². The molecule has 1 amide bonds. The highest BCUT2D eigenvalue weighted by atomic mass is 32.2. The minimum absolute atomic E-state index is 0.260. The molecule has 10 nitrogen and oxygen atoms in total. The highest BCUT2D eigenvalue weighted by Gasteiger charge is 2.24. The van der Waals surface area contributed by atoms with Gasteiger partial charge >= 0.3 is 0 Å². The molecule has 0 saturated carbocycles. The number of amides is 1. The van der Waals surface area contributed by atoms with Gasteiger partial charge in [-0.1, -0.05) is 11.3 Å². The van der Waals surface area contributed by atoms with E-state index >= 15 is 0 Å². The van der Waals surface area contributed by atoms with Gasteiger partial charge < -0.3 is 14.2 Å². The number of methoxy groups -OCH3 is 1. The Morgan fingerprint density at radius 3 is 2.86 bits per heavy atom. The number of nitrogens with zero attached hydrogens (tertiary/aromatic N) is 3. The number of carbonyl (C=O) groups is 1. The van der Waals surface area contributed by atoms with Crippen molar-refractivity contribution in [3.05, 3.63) is 24.4 Å². The van der Waals surface area contributed by atoms with Gasteiger partial charge in [0.25, 0.3) is 20.3 Å². The summed E-state index contributed by atoms with van der Waals surface area (Å²) in [6.07, 6.45) is 2.42. The van der Waals surface area contributed by atoms with Crippen molar-refractivity contribution in [1.82, 2.24) is 19.3 Å². The maximum Gasteiger partial charge on any atom is 0.293 e. The molecule has 12 heteroatoms. The standard InChI is InChI=1S/C16H16N4O6S2/c1-24-9-14(21)19-28(22,23)16-18-20-8-11(17-15(20)27-16)10-3-4-12-13(7-10)26-6-2-5-25-12/h3-4,7-8H,2,5-6,9H2,1H3,(H,19,21). The lowest BCUT2D eigenvalue weighted by atomic mass is 10.1. The van der Waals surface area contributed by atoms with Crippen LogP contribution in [0, 0.1) is 0 Å². The summed E-state index contributed by atoms with van der Waals surface area (Å²) >= 11 is 0.853. The monoisotopic (exact) mass is 424 g/mol. The van der Waals surface area contributed by atoms with E-state index in [1.165, 1.54) is 11.6 Å². The van der Waals surface area contributed by atoms with Crippen LogP contribution in [-0.2, 0) is 19.6 Å². The second-order valence-corrected chi connectivity index (χ2v) is 8.71. The normalized spacial score (nSPS) is 14.0.